The normalized spacial score (nSPS) is 10.4. The Bertz CT molecular complexity index is 496. The number of nitrogens with zero attached hydrogens (tertiary/aromatic N) is 2. The molecule has 0 fully saturated rings. The number of nitrogens with one attached hydrogen (secondary N) is 2. The Labute approximate surface area is 97.9 Å². The molecule has 0 aliphatic rings. The molecule has 0 radical (unpaired) electrons. The molecule has 0 amide bonds. The first-order chi connectivity index (χ1) is 8.27. The molecule has 6 heteroatoms. The molecule has 1 heterocycles. The van der Waals surface area contributed by atoms with E-state index in [1.807, 2.05) is 0 Å². The quantitative estimate of drug-likeness (QED) is 0.606. The first-order valence-electron chi connectivity index (χ1n) is 5.17. The standard InChI is InChI=1S/C11H12N4O2/c16-15(17)11-4-2-1-3-9(11)5-12-6-10-7-13-8-14-10/h1-4,7-8,12H,5-6H2,(H,13,14). The summed E-state index contributed by atoms with van der Waals surface area (Å²) in [4.78, 5) is 17.3. The summed E-state index contributed by atoms with van der Waals surface area (Å²) in [7, 11) is 0. The fourth-order valence-corrected chi connectivity index (χ4v) is 1.55. The Morgan fingerprint density at radius 1 is 1.35 bits per heavy atom. The number of hydrogen-bond acceptors (Lipinski definition) is 4. The topological polar surface area (TPSA) is 83.8 Å². The number of aromatic nitrogens is 2. The highest BCUT2D eigenvalue weighted by Gasteiger charge is 2.11. The fourth-order valence-electron chi connectivity index (χ4n) is 1.55. The maximum absolute atomic E-state index is 10.8. The van der Waals surface area contributed by atoms with Gasteiger partial charge in [-0.2, -0.15) is 0 Å². The van der Waals surface area contributed by atoms with Gasteiger partial charge in [0, 0.05) is 36.6 Å². The van der Waals surface area contributed by atoms with Gasteiger partial charge >= 0.3 is 0 Å². The molecule has 0 spiro atoms. The summed E-state index contributed by atoms with van der Waals surface area (Å²) < 4.78 is 0. The molecule has 0 aliphatic heterocycles. The third kappa shape index (κ3) is 2.88. The van der Waals surface area contributed by atoms with Gasteiger partial charge in [0.15, 0.2) is 0 Å². The highest BCUT2D eigenvalue weighted by atomic mass is 16.6. The van der Waals surface area contributed by atoms with Gasteiger partial charge in [0.2, 0.25) is 0 Å². The van der Waals surface area contributed by atoms with Crippen molar-refractivity contribution in [3.8, 4) is 0 Å². The number of imidazole rings is 1. The lowest BCUT2D eigenvalue weighted by Crippen LogP contribution is -2.13. The first-order valence-corrected chi connectivity index (χ1v) is 5.17. The SMILES string of the molecule is O=[N+]([O-])c1ccccc1CNCc1cnc[nH]1. The Hall–Kier alpha value is -2.21. The van der Waals surface area contributed by atoms with Crippen LogP contribution in [0.25, 0.3) is 0 Å². The summed E-state index contributed by atoms with van der Waals surface area (Å²) in [5.41, 5.74) is 1.77. The van der Waals surface area contributed by atoms with Gasteiger partial charge in [-0.25, -0.2) is 4.98 Å². The van der Waals surface area contributed by atoms with Crippen LogP contribution in [0.3, 0.4) is 0 Å². The smallest absolute Gasteiger partial charge is 0.273 e. The van der Waals surface area contributed by atoms with Crippen LogP contribution in [0.15, 0.2) is 36.8 Å². The lowest BCUT2D eigenvalue weighted by Gasteiger charge is -2.04. The van der Waals surface area contributed by atoms with Crippen molar-refractivity contribution < 1.29 is 4.92 Å². The lowest BCUT2D eigenvalue weighted by molar-refractivity contribution is -0.385. The second-order valence-electron chi connectivity index (χ2n) is 3.57. The Morgan fingerprint density at radius 3 is 2.88 bits per heavy atom. The monoisotopic (exact) mass is 232 g/mol. The minimum atomic E-state index is -0.368. The predicted molar refractivity (Wildman–Crippen MR) is 62.2 cm³/mol. The zero-order valence-electron chi connectivity index (χ0n) is 9.09. The minimum Gasteiger partial charge on any atom is -0.347 e. The molecule has 2 rings (SSSR count). The zero-order valence-corrected chi connectivity index (χ0v) is 9.09. The van der Waals surface area contributed by atoms with Crippen LogP contribution in [0.5, 0.6) is 0 Å². The predicted octanol–water partition coefficient (Wildman–Crippen LogP) is 1.61. The average Bonchev–Trinajstić information content (AvgIpc) is 2.82. The van der Waals surface area contributed by atoms with E-state index in [-0.39, 0.29) is 10.6 Å². The van der Waals surface area contributed by atoms with Crippen molar-refractivity contribution in [3.63, 3.8) is 0 Å². The number of aromatic amines is 1. The molecule has 2 N–H and O–H groups in total. The minimum absolute atomic E-state index is 0.143. The van der Waals surface area contributed by atoms with Gasteiger partial charge < -0.3 is 10.3 Å². The van der Waals surface area contributed by atoms with Gasteiger partial charge in [0.25, 0.3) is 5.69 Å². The second kappa shape index (κ2) is 5.22. The summed E-state index contributed by atoms with van der Waals surface area (Å²) in [5.74, 6) is 0. The van der Waals surface area contributed by atoms with E-state index in [0.29, 0.717) is 18.7 Å². The number of nitro groups is 1. The molecule has 1 aromatic carbocycles. The van der Waals surface area contributed by atoms with Crippen LogP contribution in [0.2, 0.25) is 0 Å². The maximum Gasteiger partial charge on any atom is 0.273 e. The van der Waals surface area contributed by atoms with E-state index in [9.17, 15) is 10.1 Å². The third-order valence-electron chi connectivity index (χ3n) is 2.37. The Kier molecular flexibility index (Phi) is 3.46. The summed E-state index contributed by atoms with van der Waals surface area (Å²) in [6, 6.07) is 6.71. The van der Waals surface area contributed by atoms with Crippen LogP contribution in [0.4, 0.5) is 5.69 Å². The number of benzene rings is 1. The number of rotatable bonds is 5. The summed E-state index contributed by atoms with van der Waals surface area (Å²) in [6.45, 7) is 1.06. The van der Waals surface area contributed by atoms with E-state index in [4.69, 9.17) is 0 Å². The number of para-hydroxylation sites is 1. The van der Waals surface area contributed by atoms with E-state index in [0.717, 1.165) is 5.69 Å². The van der Waals surface area contributed by atoms with Crippen molar-refractivity contribution in [2.75, 3.05) is 0 Å². The van der Waals surface area contributed by atoms with Crippen LogP contribution < -0.4 is 5.32 Å². The van der Waals surface area contributed by atoms with Gasteiger partial charge in [0.05, 0.1) is 11.3 Å². The van der Waals surface area contributed by atoms with Crippen molar-refractivity contribution in [3.05, 3.63) is 58.2 Å². The lowest BCUT2D eigenvalue weighted by atomic mass is 10.2. The van der Waals surface area contributed by atoms with E-state index >= 15 is 0 Å². The average molecular weight is 232 g/mol. The van der Waals surface area contributed by atoms with E-state index < -0.39 is 0 Å². The molecule has 0 unspecified atom stereocenters. The molecule has 0 atom stereocenters. The number of nitro benzene ring substituents is 1. The summed E-state index contributed by atoms with van der Waals surface area (Å²) >= 11 is 0. The van der Waals surface area contributed by atoms with Crippen LogP contribution in [-0.2, 0) is 13.1 Å². The van der Waals surface area contributed by atoms with E-state index in [2.05, 4.69) is 15.3 Å². The molecular formula is C11H12N4O2. The highest BCUT2D eigenvalue weighted by molar-refractivity contribution is 5.39. The van der Waals surface area contributed by atoms with Crippen LogP contribution in [0.1, 0.15) is 11.3 Å². The molecule has 1 aromatic heterocycles. The Balaban J connectivity index is 1.97. The first kappa shape index (κ1) is 11.3. The van der Waals surface area contributed by atoms with Gasteiger partial charge in [-0.3, -0.25) is 10.1 Å². The number of hydrogen-bond donors (Lipinski definition) is 2. The van der Waals surface area contributed by atoms with E-state index in [1.54, 1.807) is 30.7 Å². The molecule has 17 heavy (non-hydrogen) atoms. The van der Waals surface area contributed by atoms with Crippen LogP contribution in [-0.4, -0.2) is 14.9 Å². The maximum atomic E-state index is 10.8. The van der Waals surface area contributed by atoms with Crippen molar-refractivity contribution in [2.45, 2.75) is 13.1 Å². The number of H-pyrrole nitrogens is 1. The molecule has 2 aromatic rings. The summed E-state index contributed by atoms with van der Waals surface area (Å²) in [6.07, 6.45) is 3.31. The Morgan fingerprint density at radius 2 is 2.18 bits per heavy atom. The molecule has 0 saturated heterocycles. The highest BCUT2D eigenvalue weighted by Crippen LogP contribution is 2.17. The van der Waals surface area contributed by atoms with Crippen molar-refractivity contribution in [1.82, 2.24) is 15.3 Å². The van der Waals surface area contributed by atoms with Crippen LogP contribution in [0, 0.1) is 10.1 Å². The van der Waals surface area contributed by atoms with Gasteiger partial charge in [-0.15, -0.1) is 0 Å². The zero-order chi connectivity index (χ0) is 12.1. The second-order valence-corrected chi connectivity index (χ2v) is 3.57. The van der Waals surface area contributed by atoms with Crippen molar-refractivity contribution >= 4 is 5.69 Å². The third-order valence-corrected chi connectivity index (χ3v) is 2.37. The molecule has 0 saturated carbocycles. The van der Waals surface area contributed by atoms with E-state index in [1.165, 1.54) is 6.07 Å². The fraction of sp³-hybridized carbons (Fsp3) is 0.182. The molecule has 88 valence electrons. The summed E-state index contributed by atoms with van der Waals surface area (Å²) in [5, 5.41) is 13.9. The van der Waals surface area contributed by atoms with Gasteiger partial charge in [-0.1, -0.05) is 18.2 Å². The molecule has 0 bridgehead atoms. The van der Waals surface area contributed by atoms with Crippen LogP contribution >= 0.6 is 0 Å². The van der Waals surface area contributed by atoms with Crippen molar-refractivity contribution in [2.24, 2.45) is 0 Å². The largest absolute Gasteiger partial charge is 0.347 e. The molecular weight excluding hydrogens is 220 g/mol. The van der Waals surface area contributed by atoms with Crippen molar-refractivity contribution in [1.29, 1.82) is 0 Å². The molecule has 6 nitrogen and oxygen atoms in total. The van der Waals surface area contributed by atoms with Gasteiger partial charge in [0.1, 0.15) is 0 Å². The molecule has 0 aliphatic carbocycles. The van der Waals surface area contributed by atoms with Gasteiger partial charge in [-0.05, 0) is 0 Å².